The van der Waals surface area contributed by atoms with Gasteiger partial charge >= 0.3 is 0 Å². The fourth-order valence-electron chi connectivity index (χ4n) is 3.49. The number of hydrogen-bond donors (Lipinski definition) is 3. The van der Waals surface area contributed by atoms with Gasteiger partial charge in [-0.05, 0) is 37.0 Å². The van der Waals surface area contributed by atoms with Gasteiger partial charge in [-0.1, -0.05) is 6.42 Å². The molecule has 6 nitrogen and oxygen atoms in total. The molecule has 1 amide bonds. The molecule has 0 aromatic carbocycles. The Morgan fingerprint density at radius 3 is 2.95 bits per heavy atom. The molecule has 3 atom stereocenters. The Balaban J connectivity index is 1.56. The SMILES string of the molecule is NNc1cncc(C(=O)NCC2CC3CCC2C3)n1. The topological polar surface area (TPSA) is 92.9 Å². The lowest BCUT2D eigenvalue weighted by Gasteiger charge is -2.21. The normalized spacial score (nSPS) is 28.4. The number of fused-ring (bicyclic) bond motifs is 2. The highest BCUT2D eigenvalue weighted by molar-refractivity contribution is 5.92. The Labute approximate surface area is 112 Å². The average Bonchev–Trinajstić information content (AvgIpc) is 3.07. The van der Waals surface area contributed by atoms with Crippen molar-refractivity contribution in [2.24, 2.45) is 23.6 Å². The van der Waals surface area contributed by atoms with E-state index in [1.807, 2.05) is 0 Å². The summed E-state index contributed by atoms with van der Waals surface area (Å²) in [6, 6.07) is 0. The van der Waals surface area contributed by atoms with Crippen LogP contribution in [0.2, 0.25) is 0 Å². The molecule has 0 radical (unpaired) electrons. The van der Waals surface area contributed by atoms with Crippen LogP contribution in [0, 0.1) is 17.8 Å². The Hall–Kier alpha value is -1.69. The van der Waals surface area contributed by atoms with Gasteiger partial charge in [-0.2, -0.15) is 0 Å². The quantitative estimate of drug-likeness (QED) is 0.554. The summed E-state index contributed by atoms with van der Waals surface area (Å²) >= 11 is 0. The van der Waals surface area contributed by atoms with Crippen molar-refractivity contribution in [2.75, 3.05) is 12.0 Å². The third-order valence-electron chi connectivity index (χ3n) is 4.42. The predicted molar refractivity (Wildman–Crippen MR) is 71.1 cm³/mol. The molecule has 19 heavy (non-hydrogen) atoms. The zero-order chi connectivity index (χ0) is 13.2. The first-order valence-electron chi connectivity index (χ1n) is 6.83. The van der Waals surface area contributed by atoms with E-state index >= 15 is 0 Å². The summed E-state index contributed by atoms with van der Waals surface area (Å²) in [7, 11) is 0. The average molecular weight is 261 g/mol. The molecule has 4 N–H and O–H groups in total. The summed E-state index contributed by atoms with van der Waals surface area (Å²) in [6.45, 7) is 0.752. The lowest BCUT2D eigenvalue weighted by Crippen LogP contribution is -2.32. The van der Waals surface area contributed by atoms with Gasteiger partial charge in [-0.3, -0.25) is 9.78 Å². The van der Waals surface area contributed by atoms with Crippen LogP contribution in [0.5, 0.6) is 0 Å². The zero-order valence-corrected chi connectivity index (χ0v) is 10.8. The van der Waals surface area contributed by atoms with E-state index in [4.69, 9.17) is 5.84 Å². The summed E-state index contributed by atoms with van der Waals surface area (Å²) in [5.74, 6) is 7.83. The molecule has 2 bridgehead atoms. The van der Waals surface area contributed by atoms with Crippen molar-refractivity contribution in [3.05, 3.63) is 18.1 Å². The highest BCUT2D eigenvalue weighted by Gasteiger charge is 2.39. The number of nitrogens with one attached hydrogen (secondary N) is 2. The summed E-state index contributed by atoms with van der Waals surface area (Å²) in [4.78, 5) is 20.0. The fraction of sp³-hybridized carbons (Fsp3) is 0.615. The second-order valence-electron chi connectivity index (χ2n) is 5.58. The molecule has 0 aliphatic heterocycles. The maximum atomic E-state index is 12.0. The number of amides is 1. The third kappa shape index (κ3) is 2.53. The molecule has 6 heteroatoms. The van der Waals surface area contributed by atoms with Gasteiger partial charge in [-0.25, -0.2) is 10.8 Å². The van der Waals surface area contributed by atoms with Gasteiger partial charge < -0.3 is 10.7 Å². The molecule has 0 spiro atoms. The molecule has 3 unspecified atom stereocenters. The molecule has 1 aromatic rings. The van der Waals surface area contributed by atoms with E-state index < -0.39 is 0 Å². The lowest BCUT2D eigenvalue weighted by molar-refractivity contribution is 0.0936. The summed E-state index contributed by atoms with van der Waals surface area (Å²) in [5, 5.41) is 2.97. The predicted octanol–water partition coefficient (Wildman–Crippen LogP) is 0.928. The first-order chi connectivity index (χ1) is 9.26. The number of anilines is 1. The van der Waals surface area contributed by atoms with Crippen LogP contribution in [0.15, 0.2) is 12.4 Å². The van der Waals surface area contributed by atoms with Gasteiger partial charge in [0.1, 0.15) is 5.69 Å². The van der Waals surface area contributed by atoms with Crippen LogP contribution in [0.3, 0.4) is 0 Å². The van der Waals surface area contributed by atoms with Crippen LogP contribution < -0.4 is 16.6 Å². The molecule has 2 saturated carbocycles. The summed E-state index contributed by atoms with van der Waals surface area (Å²) < 4.78 is 0. The van der Waals surface area contributed by atoms with Crippen molar-refractivity contribution in [3.8, 4) is 0 Å². The van der Waals surface area contributed by atoms with Crippen molar-refractivity contribution in [1.82, 2.24) is 15.3 Å². The first-order valence-corrected chi connectivity index (χ1v) is 6.83. The summed E-state index contributed by atoms with van der Waals surface area (Å²) in [6.07, 6.45) is 8.26. The minimum Gasteiger partial charge on any atom is -0.350 e. The van der Waals surface area contributed by atoms with Crippen molar-refractivity contribution in [2.45, 2.75) is 25.7 Å². The van der Waals surface area contributed by atoms with Gasteiger partial charge in [0, 0.05) is 6.54 Å². The number of nitrogens with zero attached hydrogens (tertiary/aromatic N) is 2. The highest BCUT2D eigenvalue weighted by atomic mass is 16.1. The number of nitrogen functional groups attached to an aromatic ring is 1. The van der Waals surface area contributed by atoms with Crippen LogP contribution in [0.4, 0.5) is 5.82 Å². The summed E-state index contributed by atoms with van der Waals surface area (Å²) in [5.41, 5.74) is 2.69. The van der Waals surface area contributed by atoms with E-state index in [-0.39, 0.29) is 5.91 Å². The van der Waals surface area contributed by atoms with Crippen molar-refractivity contribution < 1.29 is 4.79 Å². The minimum atomic E-state index is -0.174. The number of hydrogen-bond acceptors (Lipinski definition) is 5. The maximum absolute atomic E-state index is 12.0. The molecule has 102 valence electrons. The Morgan fingerprint density at radius 1 is 1.37 bits per heavy atom. The molecule has 1 heterocycles. The second-order valence-corrected chi connectivity index (χ2v) is 5.58. The fourth-order valence-corrected chi connectivity index (χ4v) is 3.49. The van der Waals surface area contributed by atoms with Gasteiger partial charge in [0.25, 0.3) is 5.91 Å². The number of carbonyl (C=O) groups is 1. The largest absolute Gasteiger partial charge is 0.350 e. The van der Waals surface area contributed by atoms with E-state index in [1.54, 1.807) is 0 Å². The number of hydrazine groups is 1. The Morgan fingerprint density at radius 2 is 2.26 bits per heavy atom. The number of nitrogens with two attached hydrogens (primary N) is 1. The van der Waals surface area contributed by atoms with Crippen molar-refractivity contribution in [3.63, 3.8) is 0 Å². The third-order valence-corrected chi connectivity index (χ3v) is 4.42. The van der Waals surface area contributed by atoms with Crippen molar-refractivity contribution in [1.29, 1.82) is 0 Å². The van der Waals surface area contributed by atoms with Crippen LogP contribution in [-0.4, -0.2) is 22.4 Å². The van der Waals surface area contributed by atoms with E-state index in [0.717, 1.165) is 18.4 Å². The Bertz CT molecular complexity index is 478. The van der Waals surface area contributed by atoms with Gasteiger partial charge in [0.05, 0.1) is 12.4 Å². The van der Waals surface area contributed by atoms with Crippen molar-refractivity contribution >= 4 is 11.7 Å². The van der Waals surface area contributed by atoms with Crippen LogP contribution in [0.1, 0.15) is 36.2 Å². The van der Waals surface area contributed by atoms with Gasteiger partial charge in [0.15, 0.2) is 5.82 Å². The molecule has 3 rings (SSSR count). The number of rotatable bonds is 4. The van der Waals surface area contributed by atoms with Crippen LogP contribution in [0.25, 0.3) is 0 Å². The molecule has 2 aliphatic rings. The second kappa shape index (κ2) is 5.13. The number of carbonyl (C=O) groups excluding carboxylic acids is 1. The lowest BCUT2D eigenvalue weighted by atomic mass is 9.89. The van der Waals surface area contributed by atoms with E-state index in [1.165, 1.54) is 38.1 Å². The highest BCUT2D eigenvalue weighted by Crippen LogP contribution is 2.47. The van der Waals surface area contributed by atoms with E-state index in [0.29, 0.717) is 17.4 Å². The zero-order valence-electron chi connectivity index (χ0n) is 10.8. The van der Waals surface area contributed by atoms with Crippen LogP contribution in [-0.2, 0) is 0 Å². The molecule has 1 aromatic heterocycles. The monoisotopic (exact) mass is 261 g/mol. The standard InChI is InChI=1S/C13H19N5O/c14-18-12-7-15-6-11(17-12)13(19)16-5-10-4-8-1-2-9(10)3-8/h6-10H,1-5,14H2,(H,16,19)(H,17,18). The maximum Gasteiger partial charge on any atom is 0.271 e. The molecule has 2 fully saturated rings. The van der Waals surface area contributed by atoms with E-state index in [2.05, 4.69) is 20.7 Å². The number of aromatic nitrogens is 2. The van der Waals surface area contributed by atoms with Crippen LogP contribution >= 0.6 is 0 Å². The smallest absolute Gasteiger partial charge is 0.271 e. The van der Waals surface area contributed by atoms with Gasteiger partial charge in [-0.15, -0.1) is 0 Å². The molecular formula is C13H19N5O. The first kappa shape index (κ1) is 12.3. The van der Waals surface area contributed by atoms with E-state index in [9.17, 15) is 4.79 Å². The molecular weight excluding hydrogens is 242 g/mol. The molecule has 2 aliphatic carbocycles. The molecule has 0 saturated heterocycles. The van der Waals surface area contributed by atoms with Gasteiger partial charge in [0.2, 0.25) is 0 Å². The Kier molecular flexibility index (Phi) is 3.33. The minimum absolute atomic E-state index is 0.174.